The van der Waals surface area contributed by atoms with Crippen molar-refractivity contribution in [3.63, 3.8) is 0 Å². The van der Waals surface area contributed by atoms with E-state index in [9.17, 15) is 20.1 Å². The second kappa shape index (κ2) is 6.73. The monoisotopic (exact) mass is 351 g/mol. The molecular weight excluding hydrogens is 330 g/mol. The van der Waals surface area contributed by atoms with E-state index in [4.69, 9.17) is 5.73 Å². The lowest BCUT2D eigenvalue weighted by Crippen LogP contribution is -2.55. The van der Waals surface area contributed by atoms with E-state index in [1.54, 1.807) is 6.07 Å². The highest BCUT2D eigenvalue weighted by atomic mass is 32.1. The Balaban J connectivity index is 1.58. The largest absolute Gasteiger partial charge is 0.388 e. The molecule has 3 rings (SSSR count). The molecule has 130 valence electrons. The highest BCUT2D eigenvalue weighted by Crippen LogP contribution is 2.36. The zero-order chi connectivity index (χ0) is 17.3. The van der Waals surface area contributed by atoms with Crippen LogP contribution in [0.15, 0.2) is 24.3 Å². The summed E-state index contributed by atoms with van der Waals surface area (Å²) in [6.07, 6.45) is -1.99. The van der Waals surface area contributed by atoms with E-state index >= 15 is 0 Å². The first kappa shape index (κ1) is 17.2. The van der Waals surface area contributed by atoms with Crippen molar-refractivity contribution >= 4 is 27.5 Å². The summed E-state index contributed by atoms with van der Waals surface area (Å²) in [5.41, 5.74) is 5.25. The number of hydrogen-bond acceptors (Lipinski definition) is 7. The summed E-state index contributed by atoms with van der Waals surface area (Å²) in [6.45, 7) is 0.543. The van der Waals surface area contributed by atoms with Gasteiger partial charge in [0.25, 0.3) is 5.91 Å². The van der Waals surface area contributed by atoms with Gasteiger partial charge in [-0.15, -0.1) is 11.3 Å². The van der Waals surface area contributed by atoms with Gasteiger partial charge in [0.05, 0.1) is 15.8 Å². The Hall–Kier alpha value is -1.58. The Morgan fingerprint density at radius 1 is 1.42 bits per heavy atom. The summed E-state index contributed by atoms with van der Waals surface area (Å²) >= 11 is 1.23. The van der Waals surface area contributed by atoms with Crippen molar-refractivity contribution in [2.75, 3.05) is 13.1 Å². The van der Waals surface area contributed by atoms with Crippen molar-refractivity contribution in [2.24, 2.45) is 11.7 Å². The topological polar surface area (TPSA) is 129 Å². The van der Waals surface area contributed by atoms with Gasteiger partial charge >= 0.3 is 0 Å². The summed E-state index contributed by atoms with van der Waals surface area (Å²) in [4.78, 5) is 16.3. The first-order chi connectivity index (χ1) is 11.4. The van der Waals surface area contributed by atoms with Gasteiger partial charge in [-0.2, -0.15) is 0 Å². The molecule has 2 unspecified atom stereocenters. The highest BCUT2D eigenvalue weighted by Gasteiger charge is 2.42. The Morgan fingerprint density at radius 2 is 2.12 bits per heavy atom. The molecule has 1 aliphatic rings. The van der Waals surface area contributed by atoms with E-state index in [1.807, 2.05) is 18.2 Å². The first-order valence-corrected chi connectivity index (χ1v) is 8.65. The molecule has 0 aliphatic heterocycles. The molecule has 0 radical (unpaired) electrons. The summed E-state index contributed by atoms with van der Waals surface area (Å²) in [7, 11) is 0. The summed E-state index contributed by atoms with van der Waals surface area (Å²) < 4.78 is 0.871. The Morgan fingerprint density at radius 3 is 2.79 bits per heavy atom. The molecule has 1 amide bonds. The Labute approximate surface area is 143 Å². The van der Waals surface area contributed by atoms with Crippen molar-refractivity contribution in [1.82, 2.24) is 10.3 Å². The fraction of sp³-hybridized carbons (Fsp3) is 0.500. The number of fused-ring (bicyclic) bond motifs is 1. The van der Waals surface area contributed by atoms with Crippen LogP contribution in [0.3, 0.4) is 0 Å². The fourth-order valence-electron chi connectivity index (χ4n) is 2.98. The molecule has 1 aromatic heterocycles. The highest BCUT2D eigenvalue weighted by molar-refractivity contribution is 7.18. The van der Waals surface area contributed by atoms with Crippen LogP contribution in [0, 0.1) is 5.92 Å². The van der Waals surface area contributed by atoms with Crippen LogP contribution in [0.2, 0.25) is 0 Å². The summed E-state index contributed by atoms with van der Waals surface area (Å²) in [5, 5.41) is 33.2. The number of hydrogen-bond donors (Lipinski definition) is 5. The third kappa shape index (κ3) is 3.42. The number of para-hydroxylation sites is 1. The zero-order valence-corrected chi connectivity index (χ0v) is 13.9. The Kier molecular flexibility index (Phi) is 4.84. The van der Waals surface area contributed by atoms with Crippen LogP contribution in [-0.4, -0.2) is 51.0 Å². The minimum atomic E-state index is -1.64. The van der Waals surface area contributed by atoms with Crippen molar-refractivity contribution in [2.45, 2.75) is 30.7 Å². The lowest BCUT2D eigenvalue weighted by molar-refractivity contribution is -0.138. The van der Waals surface area contributed by atoms with E-state index in [2.05, 4.69) is 10.3 Å². The first-order valence-electron chi connectivity index (χ1n) is 7.83. The van der Waals surface area contributed by atoms with E-state index in [0.717, 1.165) is 4.70 Å². The van der Waals surface area contributed by atoms with Gasteiger partial charge in [-0.25, -0.2) is 4.98 Å². The van der Waals surface area contributed by atoms with Crippen molar-refractivity contribution < 1.29 is 20.1 Å². The standard InChI is InChI=1S/C16H21N3O4S/c17-7-9-5-16(23,6-9)8-18-14(22)12(20)13(21)15-19-10-3-1-2-4-11(10)24-15/h1-4,9,12-13,20-21,23H,5-8,17H2,(H,18,22). The number of nitrogens with two attached hydrogens (primary N) is 1. The van der Waals surface area contributed by atoms with Gasteiger partial charge in [0.1, 0.15) is 11.1 Å². The van der Waals surface area contributed by atoms with Gasteiger partial charge in [0, 0.05) is 6.54 Å². The molecule has 2 atom stereocenters. The van der Waals surface area contributed by atoms with Gasteiger partial charge in [-0.05, 0) is 37.4 Å². The lowest BCUT2D eigenvalue weighted by atomic mass is 9.71. The van der Waals surface area contributed by atoms with Crippen molar-refractivity contribution in [3.05, 3.63) is 29.3 Å². The molecule has 24 heavy (non-hydrogen) atoms. The average Bonchev–Trinajstić information content (AvgIpc) is 2.99. The van der Waals surface area contributed by atoms with Crippen LogP contribution in [0.4, 0.5) is 0 Å². The molecule has 1 heterocycles. The SMILES string of the molecule is NCC1CC(O)(CNC(=O)C(O)C(O)c2nc3ccccc3s2)C1. The van der Waals surface area contributed by atoms with E-state index in [1.165, 1.54) is 11.3 Å². The maximum Gasteiger partial charge on any atom is 0.252 e. The molecular formula is C16H21N3O4S. The third-order valence-electron chi connectivity index (χ3n) is 4.39. The van der Waals surface area contributed by atoms with Crippen LogP contribution in [0.25, 0.3) is 10.2 Å². The second-order valence-corrected chi connectivity index (χ2v) is 7.42. The van der Waals surface area contributed by atoms with Crippen LogP contribution >= 0.6 is 11.3 Å². The number of nitrogens with one attached hydrogen (secondary N) is 1. The number of aromatic nitrogens is 1. The molecule has 6 N–H and O–H groups in total. The van der Waals surface area contributed by atoms with Crippen molar-refractivity contribution in [3.8, 4) is 0 Å². The predicted octanol–water partition coefficient (Wildman–Crippen LogP) is -0.0934. The maximum atomic E-state index is 12.0. The quantitative estimate of drug-likeness (QED) is 0.495. The number of benzene rings is 1. The number of carbonyl (C=O) groups is 1. The molecule has 0 bridgehead atoms. The van der Waals surface area contributed by atoms with Gasteiger partial charge in [0.2, 0.25) is 0 Å². The number of amides is 1. The fourth-order valence-corrected chi connectivity index (χ4v) is 3.96. The van der Waals surface area contributed by atoms with E-state index < -0.39 is 23.7 Å². The normalized spacial score (nSPS) is 25.9. The van der Waals surface area contributed by atoms with Gasteiger partial charge in [-0.1, -0.05) is 12.1 Å². The number of aliphatic hydroxyl groups is 3. The number of thiazole rings is 1. The van der Waals surface area contributed by atoms with E-state index in [0.29, 0.717) is 24.9 Å². The van der Waals surface area contributed by atoms with Gasteiger partial charge < -0.3 is 26.4 Å². The van der Waals surface area contributed by atoms with Crippen LogP contribution in [0.1, 0.15) is 24.0 Å². The third-order valence-corrected chi connectivity index (χ3v) is 5.50. The molecule has 1 saturated carbocycles. The molecule has 0 saturated heterocycles. The number of rotatable bonds is 6. The van der Waals surface area contributed by atoms with Crippen LogP contribution in [-0.2, 0) is 4.79 Å². The predicted molar refractivity (Wildman–Crippen MR) is 90.3 cm³/mol. The van der Waals surface area contributed by atoms with Crippen LogP contribution in [0.5, 0.6) is 0 Å². The smallest absolute Gasteiger partial charge is 0.252 e. The number of nitrogens with zero attached hydrogens (tertiary/aromatic N) is 1. The second-order valence-electron chi connectivity index (χ2n) is 6.36. The minimum Gasteiger partial charge on any atom is -0.388 e. The van der Waals surface area contributed by atoms with E-state index in [-0.39, 0.29) is 17.5 Å². The maximum absolute atomic E-state index is 12.0. The van der Waals surface area contributed by atoms with Crippen molar-refractivity contribution in [1.29, 1.82) is 0 Å². The minimum absolute atomic E-state index is 0.0337. The molecule has 7 nitrogen and oxygen atoms in total. The van der Waals surface area contributed by atoms with Gasteiger partial charge in [-0.3, -0.25) is 4.79 Å². The molecule has 8 heteroatoms. The van der Waals surface area contributed by atoms with Gasteiger partial charge in [0.15, 0.2) is 6.10 Å². The zero-order valence-electron chi connectivity index (χ0n) is 13.1. The Bertz CT molecular complexity index is 696. The summed E-state index contributed by atoms with van der Waals surface area (Å²) in [5.74, 6) is -0.462. The molecule has 1 aromatic carbocycles. The molecule has 1 aliphatic carbocycles. The molecule has 2 aromatic rings. The molecule has 0 spiro atoms. The number of aliphatic hydroxyl groups excluding tert-OH is 2. The lowest BCUT2D eigenvalue weighted by Gasteiger charge is -2.43. The summed E-state index contributed by atoms with van der Waals surface area (Å²) in [6, 6.07) is 7.34. The van der Waals surface area contributed by atoms with Crippen LogP contribution < -0.4 is 11.1 Å². The molecule has 1 fully saturated rings. The number of carbonyl (C=O) groups excluding carboxylic acids is 1. The average molecular weight is 351 g/mol.